The summed E-state index contributed by atoms with van der Waals surface area (Å²) in [6, 6.07) is 7.44. The molecule has 2 aromatic heterocycles. The zero-order valence-electron chi connectivity index (χ0n) is 18.1. The van der Waals surface area contributed by atoms with Crippen LogP contribution >= 0.6 is 0 Å². The number of likely N-dealkylation sites (tertiary alicyclic amines) is 1. The number of benzene rings is 1. The number of aliphatic hydroxyl groups is 1. The summed E-state index contributed by atoms with van der Waals surface area (Å²) in [7, 11) is 5.45. The van der Waals surface area contributed by atoms with Crippen LogP contribution in [0.2, 0.25) is 0 Å². The molecule has 3 aromatic rings. The first-order valence-corrected chi connectivity index (χ1v) is 10.2. The number of ketones is 1. The van der Waals surface area contributed by atoms with Gasteiger partial charge < -0.3 is 19.3 Å². The van der Waals surface area contributed by atoms with Crippen LogP contribution in [0.25, 0.3) is 16.9 Å². The number of carbonyl (C=O) groups excluding carboxylic acids is 2. The molecule has 0 aliphatic carbocycles. The van der Waals surface area contributed by atoms with Crippen molar-refractivity contribution in [1.29, 1.82) is 0 Å². The van der Waals surface area contributed by atoms with Crippen LogP contribution in [0.1, 0.15) is 23.6 Å². The van der Waals surface area contributed by atoms with Crippen LogP contribution in [0.15, 0.2) is 57.5 Å². The third-order valence-corrected chi connectivity index (χ3v) is 5.61. The lowest BCUT2D eigenvalue weighted by molar-refractivity contribution is -0.139. The monoisotopic (exact) mass is 436 g/mol. The van der Waals surface area contributed by atoms with Crippen molar-refractivity contribution < 1.29 is 19.1 Å². The molecule has 1 fully saturated rings. The normalized spacial score (nSPS) is 18.2. The molecule has 0 radical (unpaired) electrons. The van der Waals surface area contributed by atoms with Gasteiger partial charge in [-0.15, -0.1) is 0 Å². The van der Waals surface area contributed by atoms with Gasteiger partial charge in [0, 0.05) is 31.5 Å². The average molecular weight is 436 g/mol. The molecule has 0 spiro atoms. The Morgan fingerprint density at radius 2 is 2.00 bits per heavy atom. The number of hydrogen-bond acceptors (Lipinski definition) is 7. The van der Waals surface area contributed by atoms with Gasteiger partial charge in [-0.1, -0.05) is 6.07 Å². The van der Waals surface area contributed by atoms with E-state index in [0.717, 1.165) is 6.54 Å². The van der Waals surface area contributed by atoms with Crippen LogP contribution in [0.4, 0.5) is 0 Å². The van der Waals surface area contributed by atoms with Crippen LogP contribution < -0.4 is 5.76 Å². The van der Waals surface area contributed by atoms with Crippen molar-refractivity contribution in [2.75, 3.05) is 27.2 Å². The van der Waals surface area contributed by atoms with Gasteiger partial charge in [0.05, 0.1) is 17.1 Å². The molecule has 0 bridgehead atoms. The van der Waals surface area contributed by atoms with Crippen molar-refractivity contribution in [2.24, 2.45) is 7.05 Å². The van der Waals surface area contributed by atoms with Gasteiger partial charge in [-0.05, 0) is 56.9 Å². The molecule has 1 N–H and O–H groups in total. The number of carbonyl (C=O) groups is 2. The van der Waals surface area contributed by atoms with Gasteiger partial charge >= 0.3 is 5.76 Å². The second-order valence-corrected chi connectivity index (χ2v) is 8.05. The lowest BCUT2D eigenvalue weighted by Crippen LogP contribution is -2.32. The fourth-order valence-electron chi connectivity index (χ4n) is 3.99. The molecule has 1 aliphatic heterocycles. The Labute approximate surface area is 184 Å². The van der Waals surface area contributed by atoms with Crippen molar-refractivity contribution in [3.63, 3.8) is 0 Å². The number of aryl methyl sites for hydroxylation is 1. The molecule has 1 amide bonds. The number of amides is 1. The summed E-state index contributed by atoms with van der Waals surface area (Å²) < 4.78 is 6.55. The molecule has 0 saturated carbocycles. The number of oxazole rings is 1. The molecule has 9 heteroatoms. The Kier molecular flexibility index (Phi) is 5.67. The average Bonchev–Trinajstić information content (AvgIpc) is 3.20. The molecule has 1 atom stereocenters. The Morgan fingerprint density at radius 1 is 1.22 bits per heavy atom. The Bertz CT molecular complexity index is 1270. The van der Waals surface area contributed by atoms with Gasteiger partial charge in [0.2, 0.25) is 0 Å². The molecular weight excluding hydrogens is 412 g/mol. The van der Waals surface area contributed by atoms with Gasteiger partial charge in [-0.25, -0.2) is 4.79 Å². The third-order valence-electron chi connectivity index (χ3n) is 5.61. The Balaban J connectivity index is 1.82. The quantitative estimate of drug-likeness (QED) is 0.357. The van der Waals surface area contributed by atoms with E-state index in [9.17, 15) is 19.5 Å². The van der Waals surface area contributed by atoms with E-state index in [0.29, 0.717) is 24.0 Å². The standard InChI is InChI=1S/C23H24N4O5/c1-25(2)10-5-11-27-19(15-6-4-9-24-13-15)18(21(29)22(27)30)20(28)14-7-8-16-17(12-14)32-23(31)26(16)3/h4,6-9,12-13,19,28H,5,10-11H2,1-3H3/b20-18+. The highest BCUT2D eigenvalue weighted by atomic mass is 16.4. The number of rotatable bonds is 6. The maximum absolute atomic E-state index is 13.0. The maximum Gasteiger partial charge on any atom is 0.419 e. The van der Waals surface area contributed by atoms with Crippen LogP contribution in [-0.4, -0.2) is 63.3 Å². The van der Waals surface area contributed by atoms with Crippen molar-refractivity contribution in [1.82, 2.24) is 19.4 Å². The van der Waals surface area contributed by atoms with Crippen LogP contribution in [0, 0.1) is 0 Å². The molecule has 1 unspecified atom stereocenters. The summed E-state index contributed by atoms with van der Waals surface area (Å²) >= 11 is 0. The number of fused-ring (bicyclic) bond motifs is 1. The van der Waals surface area contributed by atoms with Crippen LogP contribution in [0.3, 0.4) is 0 Å². The largest absolute Gasteiger partial charge is 0.507 e. The van der Waals surface area contributed by atoms with E-state index in [1.54, 1.807) is 43.7 Å². The van der Waals surface area contributed by atoms with Gasteiger partial charge in [0.25, 0.3) is 11.7 Å². The summed E-state index contributed by atoms with van der Waals surface area (Å²) in [6.07, 6.45) is 3.85. The maximum atomic E-state index is 13.0. The SMILES string of the molecule is CN(C)CCCN1C(=O)C(=O)/C(=C(/O)c2ccc3c(c2)oc(=O)n3C)C1c1cccnc1. The van der Waals surface area contributed by atoms with Crippen molar-refractivity contribution in [2.45, 2.75) is 12.5 Å². The second-order valence-electron chi connectivity index (χ2n) is 8.05. The fraction of sp³-hybridized carbons (Fsp3) is 0.304. The van der Waals surface area contributed by atoms with E-state index in [4.69, 9.17) is 4.42 Å². The van der Waals surface area contributed by atoms with Gasteiger partial charge in [-0.2, -0.15) is 0 Å². The summed E-state index contributed by atoms with van der Waals surface area (Å²) in [5.41, 5.74) is 1.74. The first kappa shape index (κ1) is 21.5. The lowest BCUT2D eigenvalue weighted by atomic mass is 9.96. The predicted molar refractivity (Wildman–Crippen MR) is 118 cm³/mol. The van der Waals surface area contributed by atoms with E-state index in [-0.39, 0.29) is 22.5 Å². The van der Waals surface area contributed by atoms with Crippen molar-refractivity contribution in [3.8, 4) is 0 Å². The molecule has 1 saturated heterocycles. The number of aromatic nitrogens is 2. The highest BCUT2D eigenvalue weighted by Crippen LogP contribution is 2.39. The number of hydrogen-bond donors (Lipinski definition) is 1. The summed E-state index contributed by atoms with van der Waals surface area (Å²) in [4.78, 5) is 45.3. The summed E-state index contributed by atoms with van der Waals surface area (Å²) in [6.45, 7) is 1.10. The minimum Gasteiger partial charge on any atom is -0.507 e. The van der Waals surface area contributed by atoms with Gasteiger partial charge in [0.1, 0.15) is 5.76 Å². The smallest absolute Gasteiger partial charge is 0.419 e. The third kappa shape index (κ3) is 3.71. The van der Waals surface area contributed by atoms with Crippen molar-refractivity contribution >= 4 is 28.5 Å². The summed E-state index contributed by atoms with van der Waals surface area (Å²) in [5.74, 6) is -2.26. The molecule has 3 heterocycles. The van der Waals surface area contributed by atoms with E-state index >= 15 is 0 Å². The number of aliphatic hydroxyl groups excluding tert-OH is 1. The molecule has 4 rings (SSSR count). The minimum absolute atomic E-state index is 0.00881. The molecule has 166 valence electrons. The summed E-state index contributed by atoms with van der Waals surface area (Å²) in [5, 5.41) is 11.1. The van der Waals surface area contributed by atoms with E-state index in [1.165, 1.54) is 15.5 Å². The first-order chi connectivity index (χ1) is 15.3. The topological polar surface area (TPSA) is 109 Å². The Morgan fingerprint density at radius 3 is 2.69 bits per heavy atom. The lowest BCUT2D eigenvalue weighted by Gasteiger charge is -2.25. The van der Waals surface area contributed by atoms with E-state index in [1.807, 2.05) is 19.0 Å². The highest BCUT2D eigenvalue weighted by Gasteiger charge is 2.45. The molecular formula is C23H24N4O5. The zero-order valence-corrected chi connectivity index (χ0v) is 18.1. The van der Waals surface area contributed by atoms with Gasteiger partial charge in [-0.3, -0.25) is 19.1 Å². The predicted octanol–water partition coefficient (Wildman–Crippen LogP) is 1.90. The Hall–Kier alpha value is -3.72. The van der Waals surface area contributed by atoms with Crippen LogP contribution in [-0.2, 0) is 16.6 Å². The van der Waals surface area contributed by atoms with Gasteiger partial charge in [0.15, 0.2) is 5.58 Å². The number of nitrogens with zero attached hydrogens (tertiary/aromatic N) is 4. The number of Topliss-reactive ketones (excluding diaryl/α,β-unsaturated/α-hetero) is 1. The molecule has 9 nitrogen and oxygen atoms in total. The fourth-order valence-corrected chi connectivity index (χ4v) is 3.99. The highest BCUT2D eigenvalue weighted by molar-refractivity contribution is 6.46. The van der Waals surface area contributed by atoms with E-state index in [2.05, 4.69) is 4.98 Å². The molecule has 1 aliphatic rings. The molecule has 1 aromatic carbocycles. The van der Waals surface area contributed by atoms with Crippen LogP contribution in [0.5, 0.6) is 0 Å². The zero-order chi connectivity index (χ0) is 23.0. The molecule has 32 heavy (non-hydrogen) atoms. The second kappa shape index (κ2) is 8.43. The minimum atomic E-state index is -0.760. The van der Waals surface area contributed by atoms with E-state index < -0.39 is 23.5 Å². The van der Waals surface area contributed by atoms with Crippen molar-refractivity contribution in [3.05, 3.63) is 70.0 Å². The first-order valence-electron chi connectivity index (χ1n) is 10.2. The number of pyridine rings is 1.